The summed E-state index contributed by atoms with van der Waals surface area (Å²) in [6, 6.07) is 7.56. The Morgan fingerprint density at radius 3 is 2.88 bits per heavy atom. The largest absolute Gasteiger partial charge is 0.508 e. The van der Waals surface area contributed by atoms with Crippen LogP contribution in [0.15, 0.2) is 36.7 Å². The first-order chi connectivity index (χ1) is 8.19. The fourth-order valence-corrected chi connectivity index (χ4v) is 1.93. The number of phenolic OH excluding ortho intramolecular Hbond substituents is 1. The molecule has 0 radical (unpaired) electrons. The van der Waals surface area contributed by atoms with Gasteiger partial charge in [-0.05, 0) is 31.2 Å². The van der Waals surface area contributed by atoms with Gasteiger partial charge in [-0.25, -0.2) is 0 Å². The quantitative estimate of drug-likeness (QED) is 0.841. The molecule has 1 atom stereocenters. The molecule has 0 spiro atoms. The molecule has 2 aromatic rings. The minimum Gasteiger partial charge on any atom is -0.508 e. The number of aromatic hydroxyl groups is 1. The molecule has 0 fully saturated rings. The Bertz CT molecular complexity index is 493. The molecule has 0 amide bonds. The van der Waals surface area contributed by atoms with Gasteiger partial charge in [0, 0.05) is 24.8 Å². The van der Waals surface area contributed by atoms with Gasteiger partial charge in [0.2, 0.25) is 0 Å². The number of nitrogens with one attached hydrogen (secondary N) is 1. The highest BCUT2D eigenvalue weighted by atomic mass is 16.3. The first-order valence-electron chi connectivity index (χ1n) is 5.63. The Morgan fingerprint density at radius 1 is 1.47 bits per heavy atom. The first kappa shape index (κ1) is 11.7. The van der Waals surface area contributed by atoms with Crippen LogP contribution in [0, 0.1) is 0 Å². The number of nitrogens with zero attached hydrogens (tertiary/aromatic N) is 2. The summed E-state index contributed by atoms with van der Waals surface area (Å²) in [5.41, 5.74) is 2.26. The van der Waals surface area contributed by atoms with Crippen molar-refractivity contribution in [2.24, 2.45) is 7.05 Å². The zero-order valence-corrected chi connectivity index (χ0v) is 10.1. The molecule has 0 saturated heterocycles. The predicted molar refractivity (Wildman–Crippen MR) is 66.8 cm³/mol. The van der Waals surface area contributed by atoms with Crippen molar-refractivity contribution in [2.45, 2.75) is 12.5 Å². The van der Waals surface area contributed by atoms with Gasteiger partial charge in [0.25, 0.3) is 0 Å². The molecule has 2 N–H and O–H groups in total. The topological polar surface area (TPSA) is 50.1 Å². The molecule has 17 heavy (non-hydrogen) atoms. The van der Waals surface area contributed by atoms with Gasteiger partial charge in [-0.3, -0.25) is 4.68 Å². The van der Waals surface area contributed by atoms with E-state index in [1.54, 1.807) is 16.8 Å². The van der Waals surface area contributed by atoms with E-state index in [0.29, 0.717) is 5.75 Å². The number of aromatic nitrogens is 2. The monoisotopic (exact) mass is 231 g/mol. The third-order valence-corrected chi connectivity index (χ3v) is 2.83. The Kier molecular flexibility index (Phi) is 3.44. The van der Waals surface area contributed by atoms with Crippen LogP contribution in [0.5, 0.6) is 5.75 Å². The van der Waals surface area contributed by atoms with Crippen molar-refractivity contribution < 1.29 is 5.11 Å². The highest BCUT2D eigenvalue weighted by Crippen LogP contribution is 2.19. The van der Waals surface area contributed by atoms with Crippen molar-refractivity contribution in [3.63, 3.8) is 0 Å². The molecular formula is C13H17N3O. The van der Waals surface area contributed by atoms with Gasteiger partial charge in [0.05, 0.1) is 6.20 Å². The summed E-state index contributed by atoms with van der Waals surface area (Å²) < 4.78 is 1.79. The van der Waals surface area contributed by atoms with E-state index >= 15 is 0 Å². The number of hydrogen-bond acceptors (Lipinski definition) is 3. The van der Waals surface area contributed by atoms with E-state index in [1.165, 1.54) is 0 Å². The molecule has 0 aliphatic carbocycles. The molecule has 1 heterocycles. The molecule has 2 rings (SSSR count). The second-order valence-corrected chi connectivity index (χ2v) is 4.16. The van der Waals surface area contributed by atoms with Crippen LogP contribution in [-0.2, 0) is 13.5 Å². The van der Waals surface area contributed by atoms with Crippen LogP contribution < -0.4 is 5.32 Å². The van der Waals surface area contributed by atoms with E-state index in [4.69, 9.17) is 0 Å². The Morgan fingerprint density at radius 2 is 2.29 bits per heavy atom. The van der Waals surface area contributed by atoms with Crippen LogP contribution in [0.1, 0.15) is 17.2 Å². The van der Waals surface area contributed by atoms with Crippen LogP contribution in [0.4, 0.5) is 0 Å². The smallest absolute Gasteiger partial charge is 0.115 e. The van der Waals surface area contributed by atoms with Crippen LogP contribution in [-0.4, -0.2) is 21.9 Å². The van der Waals surface area contributed by atoms with Crippen LogP contribution in [0.2, 0.25) is 0 Å². The van der Waals surface area contributed by atoms with Crippen molar-refractivity contribution in [2.75, 3.05) is 7.05 Å². The maximum absolute atomic E-state index is 9.44. The summed E-state index contributed by atoms with van der Waals surface area (Å²) in [6.45, 7) is 0. The number of rotatable bonds is 4. The lowest BCUT2D eigenvalue weighted by Gasteiger charge is -2.14. The molecule has 0 saturated carbocycles. The summed E-state index contributed by atoms with van der Waals surface area (Å²) in [5, 5.41) is 16.9. The molecule has 0 bridgehead atoms. The lowest BCUT2D eigenvalue weighted by Crippen LogP contribution is -2.18. The van der Waals surface area contributed by atoms with Gasteiger partial charge in [-0.15, -0.1) is 0 Å². The fraction of sp³-hybridized carbons (Fsp3) is 0.308. The third kappa shape index (κ3) is 2.85. The van der Waals surface area contributed by atoms with E-state index in [9.17, 15) is 5.11 Å². The van der Waals surface area contributed by atoms with E-state index in [2.05, 4.69) is 10.4 Å². The van der Waals surface area contributed by atoms with Gasteiger partial charge in [-0.2, -0.15) is 5.10 Å². The lowest BCUT2D eigenvalue weighted by atomic mass is 10.0. The Balaban J connectivity index is 2.15. The van der Waals surface area contributed by atoms with Gasteiger partial charge in [-0.1, -0.05) is 12.1 Å². The van der Waals surface area contributed by atoms with E-state index in [0.717, 1.165) is 17.5 Å². The second-order valence-electron chi connectivity index (χ2n) is 4.16. The molecule has 1 aromatic carbocycles. The molecular weight excluding hydrogens is 214 g/mol. The lowest BCUT2D eigenvalue weighted by molar-refractivity contribution is 0.473. The zero-order valence-electron chi connectivity index (χ0n) is 10.1. The van der Waals surface area contributed by atoms with Crippen LogP contribution in [0.3, 0.4) is 0 Å². The number of hydrogen-bond donors (Lipinski definition) is 2. The van der Waals surface area contributed by atoms with Crippen molar-refractivity contribution in [3.8, 4) is 5.75 Å². The number of phenols is 1. The Labute approximate surface area is 101 Å². The van der Waals surface area contributed by atoms with Gasteiger partial charge >= 0.3 is 0 Å². The molecule has 1 unspecified atom stereocenters. The average molecular weight is 231 g/mol. The average Bonchev–Trinajstić information content (AvgIpc) is 2.73. The van der Waals surface area contributed by atoms with Crippen molar-refractivity contribution in [1.29, 1.82) is 0 Å². The number of aryl methyl sites for hydroxylation is 1. The Hall–Kier alpha value is -1.81. The molecule has 0 aliphatic rings. The van der Waals surface area contributed by atoms with Crippen molar-refractivity contribution in [1.82, 2.24) is 15.1 Å². The molecule has 4 nitrogen and oxygen atoms in total. The number of likely N-dealkylation sites (N-methyl/N-ethyl adjacent to an activating group) is 1. The summed E-state index contributed by atoms with van der Waals surface area (Å²) in [5.74, 6) is 0.309. The number of benzene rings is 1. The molecule has 4 heteroatoms. The molecule has 1 aromatic heterocycles. The van der Waals surface area contributed by atoms with Gasteiger partial charge in [0.1, 0.15) is 5.75 Å². The minimum atomic E-state index is 0.213. The standard InChI is InChI=1S/C13H17N3O/c1-14-13(11-8-15-16(2)9-11)7-10-4-3-5-12(17)6-10/h3-6,8-9,13-14,17H,7H2,1-2H3. The summed E-state index contributed by atoms with van der Waals surface area (Å²) >= 11 is 0. The third-order valence-electron chi connectivity index (χ3n) is 2.83. The normalized spacial score (nSPS) is 12.6. The van der Waals surface area contributed by atoms with E-state index in [1.807, 2.05) is 38.6 Å². The zero-order chi connectivity index (χ0) is 12.3. The van der Waals surface area contributed by atoms with Crippen molar-refractivity contribution in [3.05, 3.63) is 47.8 Å². The van der Waals surface area contributed by atoms with Crippen molar-refractivity contribution >= 4 is 0 Å². The van der Waals surface area contributed by atoms with E-state index in [-0.39, 0.29) is 6.04 Å². The molecule has 0 aliphatic heterocycles. The first-order valence-corrected chi connectivity index (χ1v) is 5.63. The highest BCUT2D eigenvalue weighted by Gasteiger charge is 2.11. The highest BCUT2D eigenvalue weighted by molar-refractivity contribution is 5.28. The van der Waals surface area contributed by atoms with Gasteiger partial charge in [0.15, 0.2) is 0 Å². The second kappa shape index (κ2) is 5.01. The summed E-state index contributed by atoms with van der Waals surface area (Å²) in [7, 11) is 3.84. The SMILES string of the molecule is CNC(Cc1cccc(O)c1)c1cnn(C)c1. The summed E-state index contributed by atoms with van der Waals surface area (Å²) in [4.78, 5) is 0. The molecule has 90 valence electrons. The minimum absolute atomic E-state index is 0.213. The van der Waals surface area contributed by atoms with E-state index < -0.39 is 0 Å². The van der Waals surface area contributed by atoms with Crippen LogP contribution in [0.25, 0.3) is 0 Å². The maximum atomic E-state index is 9.44. The maximum Gasteiger partial charge on any atom is 0.115 e. The fourth-order valence-electron chi connectivity index (χ4n) is 1.93. The summed E-state index contributed by atoms with van der Waals surface area (Å²) in [6.07, 6.45) is 4.70. The van der Waals surface area contributed by atoms with Gasteiger partial charge < -0.3 is 10.4 Å². The predicted octanol–water partition coefficient (Wildman–Crippen LogP) is 1.63. The van der Waals surface area contributed by atoms with Crippen LogP contribution >= 0.6 is 0 Å².